The topological polar surface area (TPSA) is 41.1 Å². The van der Waals surface area contributed by atoms with E-state index >= 15 is 0 Å². The Hall–Kier alpha value is -0.280. The summed E-state index contributed by atoms with van der Waals surface area (Å²) in [6, 6.07) is 0.348. The lowest BCUT2D eigenvalue weighted by Gasteiger charge is -2.26. The van der Waals surface area contributed by atoms with E-state index in [1.165, 1.54) is 0 Å². The van der Waals surface area contributed by atoms with Crippen LogP contribution in [0.3, 0.4) is 0 Å². The molecule has 11 heavy (non-hydrogen) atoms. The van der Waals surface area contributed by atoms with E-state index < -0.39 is 0 Å². The zero-order valence-electron chi connectivity index (χ0n) is 6.67. The van der Waals surface area contributed by atoms with Gasteiger partial charge in [-0.15, -0.1) is 12.4 Å². The molecular formula is C7H15ClN2O. The maximum absolute atomic E-state index is 10.0. The summed E-state index contributed by atoms with van der Waals surface area (Å²) in [5, 5.41) is 6.02. The summed E-state index contributed by atoms with van der Waals surface area (Å²) in [6.07, 6.45) is 1.89. The van der Waals surface area contributed by atoms with Crippen LogP contribution >= 0.6 is 12.4 Å². The van der Waals surface area contributed by atoms with Crippen LogP contribution in [0, 0.1) is 5.92 Å². The van der Waals surface area contributed by atoms with Crippen LogP contribution in [0.25, 0.3) is 0 Å². The fourth-order valence-corrected chi connectivity index (χ4v) is 1.38. The van der Waals surface area contributed by atoms with Crippen molar-refractivity contribution in [3.05, 3.63) is 0 Å². The average Bonchev–Trinajstić information content (AvgIpc) is 1.88. The summed E-state index contributed by atoms with van der Waals surface area (Å²) in [4.78, 5) is 10.0. The fourth-order valence-electron chi connectivity index (χ4n) is 1.38. The molecule has 2 atom stereocenters. The molecule has 0 saturated carbocycles. The lowest BCUT2D eigenvalue weighted by Crippen LogP contribution is -2.45. The minimum absolute atomic E-state index is 0. The van der Waals surface area contributed by atoms with Gasteiger partial charge in [0, 0.05) is 12.6 Å². The first-order chi connectivity index (χ1) is 4.83. The van der Waals surface area contributed by atoms with Crippen molar-refractivity contribution >= 4 is 18.8 Å². The third-order valence-electron chi connectivity index (χ3n) is 1.87. The number of piperidine rings is 1. The highest BCUT2D eigenvalue weighted by molar-refractivity contribution is 5.85. The first kappa shape index (κ1) is 10.7. The van der Waals surface area contributed by atoms with Crippen LogP contribution in [-0.2, 0) is 4.79 Å². The summed E-state index contributed by atoms with van der Waals surface area (Å²) in [5.74, 6) is 0.686. The molecule has 66 valence electrons. The van der Waals surface area contributed by atoms with E-state index in [1.54, 1.807) is 0 Å². The molecule has 4 heteroatoms. The smallest absolute Gasteiger partial charge is 0.207 e. The van der Waals surface area contributed by atoms with Crippen molar-refractivity contribution < 1.29 is 4.79 Å². The minimum atomic E-state index is 0. The molecule has 0 aromatic heterocycles. The lowest BCUT2D eigenvalue weighted by atomic mass is 9.98. The van der Waals surface area contributed by atoms with Gasteiger partial charge in [0.2, 0.25) is 6.41 Å². The van der Waals surface area contributed by atoms with E-state index in [9.17, 15) is 4.79 Å². The quantitative estimate of drug-likeness (QED) is 0.592. The van der Waals surface area contributed by atoms with Crippen molar-refractivity contribution in [2.75, 3.05) is 13.1 Å². The second kappa shape index (κ2) is 5.38. The van der Waals surface area contributed by atoms with Gasteiger partial charge in [0.15, 0.2) is 0 Å². The monoisotopic (exact) mass is 178 g/mol. The molecule has 1 aliphatic rings. The molecule has 1 rings (SSSR count). The average molecular weight is 179 g/mol. The van der Waals surface area contributed by atoms with Crippen LogP contribution in [0.15, 0.2) is 0 Å². The molecule has 2 N–H and O–H groups in total. The molecular weight excluding hydrogens is 164 g/mol. The highest BCUT2D eigenvalue weighted by Gasteiger charge is 2.16. The standard InChI is InChI=1S/C7H14N2O.ClH/c1-6-2-7(9-5-10)4-8-3-6;/h5-8H,2-4H2,1H3,(H,9,10);1H. The van der Waals surface area contributed by atoms with Crippen LogP contribution in [0.4, 0.5) is 0 Å². The van der Waals surface area contributed by atoms with Crippen molar-refractivity contribution in [1.29, 1.82) is 0 Å². The van der Waals surface area contributed by atoms with Crippen molar-refractivity contribution in [3.8, 4) is 0 Å². The molecule has 0 aromatic rings. The van der Waals surface area contributed by atoms with Crippen LogP contribution in [0.1, 0.15) is 13.3 Å². The van der Waals surface area contributed by atoms with Crippen LogP contribution in [-0.4, -0.2) is 25.5 Å². The van der Waals surface area contributed by atoms with Crippen molar-refractivity contribution in [2.24, 2.45) is 5.92 Å². The Balaban J connectivity index is 0.000001000. The Bertz CT molecular complexity index is 121. The zero-order valence-corrected chi connectivity index (χ0v) is 7.49. The lowest BCUT2D eigenvalue weighted by molar-refractivity contribution is -0.110. The van der Waals surface area contributed by atoms with Crippen molar-refractivity contribution in [1.82, 2.24) is 10.6 Å². The van der Waals surface area contributed by atoms with Crippen LogP contribution < -0.4 is 10.6 Å². The maximum atomic E-state index is 10.0. The molecule has 1 aliphatic heterocycles. The van der Waals surface area contributed by atoms with Gasteiger partial charge in [-0.05, 0) is 18.9 Å². The second-order valence-corrected chi connectivity index (χ2v) is 2.98. The number of carbonyl (C=O) groups excluding carboxylic acids is 1. The number of hydrogen-bond donors (Lipinski definition) is 2. The van der Waals surface area contributed by atoms with Crippen LogP contribution in [0.2, 0.25) is 0 Å². The molecule has 0 aliphatic carbocycles. The molecule has 0 aromatic carbocycles. The number of rotatable bonds is 2. The summed E-state index contributed by atoms with van der Waals surface area (Å²) in [6.45, 7) is 4.19. The van der Waals surface area contributed by atoms with Gasteiger partial charge < -0.3 is 10.6 Å². The molecule has 1 heterocycles. The molecule has 1 saturated heterocycles. The van der Waals surface area contributed by atoms with E-state index in [1.807, 2.05) is 0 Å². The summed E-state index contributed by atoms with van der Waals surface area (Å²) < 4.78 is 0. The Kier molecular flexibility index (Phi) is 5.24. The van der Waals surface area contributed by atoms with E-state index in [2.05, 4.69) is 17.6 Å². The zero-order chi connectivity index (χ0) is 7.40. The van der Waals surface area contributed by atoms with E-state index in [-0.39, 0.29) is 12.4 Å². The third-order valence-corrected chi connectivity index (χ3v) is 1.87. The predicted molar refractivity (Wildman–Crippen MR) is 46.9 cm³/mol. The Morgan fingerprint density at radius 1 is 1.55 bits per heavy atom. The number of hydrogen-bond acceptors (Lipinski definition) is 2. The van der Waals surface area contributed by atoms with Gasteiger partial charge >= 0.3 is 0 Å². The normalized spacial score (nSPS) is 30.3. The van der Waals surface area contributed by atoms with Crippen molar-refractivity contribution in [2.45, 2.75) is 19.4 Å². The molecule has 1 fully saturated rings. The third kappa shape index (κ3) is 3.58. The first-order valence-electron chi connectivity index (χ1n) is 3.73. The van der Waals surface area contributed by atoms with Gasteiger partial charge in [-0.2, -0.15) is 0 Å². The van der Waals surface area contributed by atoms with E-state index in [0.29, 0.717) is 12.0 Å². The number of halogens is 1. The molecule has 1 amide bonds. The summed E-state index contributed by atoms with van der Waals surface area (Å²) in [7, 11) is 0. The SMILES string of the molecule is CC1CNCC(NC=O)C1.Cl. The first-order valence-corrected chi connectivity index (χ1v) is 3.73. The van der Waals surface area contributed by atoms with Gasteiger partial charge in [0.25, 0.3) is 0 Å². The Morgan fingerprint density at radius 2 is 2.27 bits per heavy atom. The molecule has 3 nitrogen and oxygen atoms in total. The highest BCUT2D eigenvalue weighted by Crippen LogP contribution is 2.08. The van der Waals surface area contributed by atoms with E-state index in [0.717, 1.165) is 25.9 Å². The van der Waals surface area contributed by atoms with Gasteiger partial charge in [-0.25, -0.2) is 0 Å². The molecule has 2 unspecified atom stereocenters. The Morgan fingerprint density at radius 3 is 2.82 bits per heavy atom. The van der Waals surface area contributed by atoms with E-state index in [4.69, 9.17) is 0 Å². The second-order valence-electron chi connectivity index (χ2n) is 2.98. The molecule has 0 bridgehead atoms. The van der Waals surface area contributed by atoms with Gasteiger partial charge in [0.1, 0.15) is 0 Å². The number of nitrogens with one attached hydrogen (secondary N) is 2. The highest BCUT2D eigenvalue weighted by atomic mass is 35.5. The molecule has 0 spiro atoms. The predicted octanol–water partition coefficient (Wildman–Crippen LogP) is 0.152. The minimum Gasteiger partial charge on any atom is -0.355 e. The van der Waals surface area contributed by atoms with Crippen LogP contribution in [0.5, 0.6) is 0 Å². The maximum Gasteiger partial charge on any atom is 0.207 e. The Labute approximate surface area is 73.3 Å². The van der Waals surface area contributed by atoms with Gasteiger partial charge in [-0.3, -0.25) is 4.79 Å². The number of carbonyl (C=O) groups is 1. The van der Waals surface area contributed by atoms with Crippen molar-refractivity contribution in [3.63, 3.8) is 0 Å². The fraction of sp³-hybridized carbons (Fsp3) is 0.857. The largest absolute Gasteiger partial charge is 0.355 e. The summed E-state index contributed by atoms with van der Waals surface area (Å²) in [5.41, 5.74) is 0. The van der Waals surface area contributed by atoms with Gasteiger partial charge in [-0.1, -0.05) is 6.92 Å². The summed E-state index contributed by atoms with van der Waals surface area (Å²) >= 11 is 0. The number of amides is 1. The van der Waals surface area contributed by atoms with Gasteiger partial charge in [0.05, 0.1) is 0 Å². The molecule has 0 radical (unpaired) electrons.